The Bertz CT molecular complexity index is 765. The molecule has 1 aromatic carbocycles. The zero-order chi connectivity index (χ0) is 18.7. The number of nitrogens with zero attached hydrogens (tertiary/aromatic N) is 1. The number of sulfone groups is 1. The fourth-order valence-corrected chi connectivity index (χ4v) is 4.63. The molecule has 0 aliphatic carbocycles. The average molecular weight is 391 g/mol. The summed E-state index contributed by atoms with van der Waals surface area (Å²) in [5, 5.41) is 0. The number of sulfonamides is 1. The third-order valence-corrected chi connectivity index (χ3v) is 6.61. The van der Waals surface area contributed by atoms with Gasteiger partial charge in [-0.25, -0.2) is 21.6 Å². The van der Waals surface area contributed by atoms with Crippen LogP contribution in [0.1, 0.15) is 20.3 Å². The van der Waals surface area contributed by atoms with Crippen molar-refractivity contribution in [3.05, 3.63) is 24.3 Å². The van der Waals surface area contributed by atoms with E-state index in [-0.39, 0.29) is 22.0 Å². The van der Waals surface area contributed by atoms with Crippen LogP contribution >= 0.6 is 0 Å². The molecule has 0 spiro atoms. The number of benzene rings is 1. The van der Waals surface area contributed by atoms with Gasteiger partial charge in [-0.1, -0.05) is 0 Å². The second kappa shape index (κ2) is 8.13. The highest BCUT2D eigenvalue weighted by molar-refractivity contribution is 7.90. The van der Waals surface area contributed by atoms with E-state index in [1.165, 1.54) is 24.3 Å². The minimum atomic E-state index is -3.64. The SMILES string of the molecule is CC1CN(CCCNS(=O)(=O)c2ccc(S(C)(=O)=O)cc2)CC(C)O1. The van der Waals surface area contributed by atoms with E-state index in [9.17, 15) is 16.8 Å². The van der Waals surface area contributed by atoms with Crippen molar-refractivity contribution >= 4 is 19.9 Å². The number of hydrogen-bond donors (Lipinski definition) is 1. The molecule has 1 N–H and O–H groups in total. The summed E-state index contributed by atoms with van der Waals surface area (Å²) in [6.45, 7) is 6.90. The van der Waals surface area contributed by atoms with Crippen LogP contribution in [0.5, 0.6) is 0 Å². The van der Waals surface area contributed by atoms with Crippen LogP contribution < -0.4 is 4.72 Å². The maximum atomic E-state index is 12.3. The molecule has 142 valence electrons. The molecule has 7 nitrogen and oxygen atoms in total. The molecule has 0 saturated carbocycles. The van der Waals surface area contributed by atoms with Crippen LogP contribution in [0.25, 0.3) is 0 Å². The van der Waals surface area contributed by atoms with Crippen LogP contribution in [0.2, 0.25) is 0 Å². The van der Waals surface area contributed by atoms with E-state index < -0.39 is 19.9 Å². The van der Waals surface area contributed by atoms with Crippen LogP contribution in [0.15, 0.2) is 34.1 Å². The van der Waals surface area contributed by atoms with Gasteiger partial charge in [0, 0.05) is 25.9 Å². The topological polar surface area (TPSA) is 92.8 Å². The first-order valence-corrected chi connectivity index (χ1v) is 11.6. The Balaban J connectivity index is 1.85. The van der Waals surface area contributed by atoms with E-state index in [0.29, 0.717) is 13.0 Å². The lowest BCUT2D eigenvalue weighted by molar-refractivity contribution is -0.0679. The van der Waals surface area contributed by atoms with Gasteiger partial charge in [0.1, 0.15) is 0 Å². The largest absolute Gasteiger partial charge is 0.373 e. The van der Waals surface area contributed by atoms with Gasteiger partial charge in [-0.05, 0) is 51.1 Å². The van der Waals surface area contributed by atoms with Gasteiger partial charge < -0.3 is 4.74 Å². The van der Waals surface area contributed by atoms with Crippen LogP contribution in [0, 0.1) is 0 Å². The normalized spacial score (nSPS) is 22.8. The quantitative estimate of drug-likeness (QED) is 0.695. The number of morpholine rings is 1. The minimum absolute atomic E-state index is 0.0634. The van der Waals surface area contributed by atoms with Crippen molar-refractivity contribution in [2.45, 2.75) is 42.3 Å². The summed E-state index contributed by atoms with van der Waals surface area (Å²) in [6.07, 6.45) is 2.16. The number of ether oxygens (including phenoxy) is 1. The van der Waals surface area contributed by atoms with Crippen molar-refractivity contribution in [3.63, 3.8) is 0 Å². The Morgan fingerprint density at radius 2 is 1.56 bits per heavy atom. The maximum Gasteiger partial charge on any atom is 0.240 e. The lowest BCUT2D eigenvalue weighted by Crippen LogP contribution is -2.46. The monoisotopic (exact) mass is 390 g/mol. The molecule has 0 amide bonds. The standard InChI is InChI=1S/C16H26N2O5S2/c1-13-11-18(12-14(2)23-13)10-4-9-17-25(21,22)16-7-5-15(6-8-16)24(3,19)20/h5-8,13-14,17H,4,9-12H2,1-3H3. The molecule has 1 heterocycles. The van der Waals surface area contributed by atoms with Gasteiger partial charge in [0.15, 0.2) is 9.84 Å². The fourth-order valence-electron chi connectivity index (χ4n) is 2.93. The van der Waals surface area contributed by atoms with Crippen molar-refractivity contribution in [2.24, 2.45) is 0 Å². The molecular weight excluding hydrogens is 364 g/mol. The van der Waals surface area contributed by atoms with Crippen LogP contribution in [-0.2, 0) is 24.6 Å². The molecule has 1 aliphatic heterocycles. The summed E-state index contributed by atoms with van der Waals surface area (Å²) >= 11 is 0. The lowest BCUT2D eigenvalue weighted by atomic mass is 10.2. The third kappa shape index (κ3) is 6.03. The molecule has 1 aromatic rings. The van der Waals surface area contributed by atoms with E-state index in [4.69, 9.17) is 4.74 Å². The number of nitrogens with one attached hydrogen (secondary N) is 1. The van der Waals surface area contributed by atoms with E-state index in [2.05, 4.69) is 9.62 Å². The molecule has 1 fully saturated rings. The predicted octanol–water partition coefficient (Wildman–Crippen LogP) is 0.868. The smallest absolute Gasteiger partial charge is 0.240 e. The molecule has 2 atom stereocenters. The summed E-state index contributed by atoms with van der Waals surface area (Å²) in [6, 6.07) is 5.23. The van der Waals surface area contributed by atoms with Crippen molar-refractivity contribution in [3.8, 4) is 0 Å². The van der Waals surface area contributed by atoms with Crippen molar-refractivity contribution in [1.82, 2.24) is 9.62 Å². The van der Waals surface area contributed by atoms with E-state index in [0.717, 1.165) is 25.9 Å². The van der Waals surface area contributed by atoms with Gasteiger partial charge >= 0.3 is 0 Å². The summed E-state index contributed by atoms with van der Waals surface area (Å²) in [7, 11) is -6.97. The van der Waals surface area contributed by atoms with Gasteiger partial charge in [-0.3, -0.25) is 4.90 Å². The molecule has 9 heteroatoms. The van der Waals surface area contributed by atoms with Gasteiger partial charge in [-0.2, -0.15) is 0 Å². The van der Waals surface area contributed by atoms with Crippen LogP contribution in [0.4, 0.5) is 0 Å². The zero-order valence-electron chi connectivity index (χ0n) is 14.8. The van der Waals surface area contributed by atoms with E-state index >= 15 is 0 Å². The first-order valence-electron chi connectivity index (χ1n) is 8.25. The molecule has 0 aromatic heterocycles. The molecule has 1 saturated heterocycles. The van der Waals surface area contributed by atoms with Crippen molar-refractivity contribution < 1.29 is 21.6 Å². The first-order chi connectivity index (χ1) is 11.6. The molecule has 25 heavy (non-hydrogen) atoms. The summed E-state index contributed by atoms with van der Waals surface area (Å²) in [5.74, 6) is 0. The molecule has 0 bridgehead atoms. The Labute approximate surface area is 150 Å². The molecular formula is C16H26N2O5S2. The van der Waals surface area contributed by atoms with E-state index in [1.807, 2.05) is 13.8 Å². The Kier molecular flexibility index (Phi) is 6.61. The fraction of sp³-hybridized carbons (Fsp3) is 0.625. The summed E-state index contributed by atoms with van der Waals surface area (Å²) < 4.78 is 55.6. The summed E-state index contributed by atoms with van der Waals surface area (Å²) in [4.78, 5) is 2.43. The first kappa shape index (κ1) is 20.3. The van der Waals surface area contributed by atoms with Gasteiger partial charge in [0.25, 0.3) is 0 Å². The van der Waals surface area contributed by atoms with Crippen LogP contribution in [-0.4, -0.2) is 66.4 Å². The van der Waals surface area contributed by atoms with Crippen molar-refractivity contribution in [1.29, 1.82) is 0 Å². The predicted molar refractivity (Wildman–Crippen MR) is 95.8 cm³/mol. The highest BCUT2D eigenvalue weighted by atomic mass is 32.2. The second-order valence-corrected chi connectivity index (χ2v) is 10.3. The minimum Gasteiger partial charge on any atom is -0.373 e. The molecule has 1 aliphatic rings. The van der Waals surface area contributed by atoms with Gasteiger partial charge in [0.05, 0.1) is 22.0 Å². The third-order valence-electron chi connectivity index (χ3n) is 4.00. The van der Waals surface area contributed by atoms with Crippen molar-refractivity contribution in [2.75, 3.05) is 32.4 Å². The van der Waals surface area contributed by atoms with Crippen LogP contribution in [0.3, 0.4) is 0 Å². The highest BCUT2D eigenvalue weighted by Crippen LogP contribution is 2.14. The second-order valence-electron chi connectivity index (χ2n) is 6.51. The zero-order valence-corrected chi connectivity index (χ0v) is 16.4. The number of rotatable bonds is 7. The average Bonchev–Trinajstić information content (AvgIpc) is 2.50. The Morgan fingerprint density at radius 3 is 2.08 bits per heavy atom. The Hall–Kier alpha value is -1.00. The van der Waals surface area contributed by atoms with E-state index in [1.54, 1.807) is 0 Å². The maximum absolute atomic E-state index is 12.3. The van der Waals surface area contributed by atoms with Gasteiger partial charge in [0.2, 0.25) is 10.0 Å². The number of hydrogen-bond acceptors (Lipinski definition) is 6. The lowest BCUT2D eigenvalue weighted by Gasteiger charge is -2.35. The summed E-state index contributed by atoms with van der Waals surface area (Å²) in [5.41, 5.74) is 0. The van der Waals surface area contributed by atoms with Gasteiger partial charge in [-0.15, -0.1) is 0 Å². The molecule has 2 rings (SSSR count). The Morgan fingerprint density at radius 1 is 1.04 bits per heavy atom. The highest BCUT2D eigenvalue weighted by Gasteiger charge is 2.22. The molecule has 0 radical (unpaired) electrons. The molecule has 2 unspecified atom stereocenters.